The number of carbonyl (C=O) groups is 1. The third-order valence-electron chi connectivity index (χ3n) is 5.24. The van der Waals surface area contributed by atoms with Gasteiger partial charge in [-0.15, -0.1) is 0 Å². The van der Waals surface area contributed by atoms with Crippen LogP contribution in [0, 0.1) is 11.8 Å². The van der Waals surface area contributed by atoms with Gasteiger partial charge < -0.3 is 15.7 Å². The van der Waals surface area contributed by atoms with E-state index in [4.69, 9.17) is 0 Å². The third-order valence-corrected chi connectivity index (χ3v) is 5.24. The van der Waals surface area contributed by atoms with E-state index in [1.165, 1.54) is 32.1 Å². The van der Waals surface area contributed by atoms with Crippen LogP contribution in [-0.4, -0.2) is 35.7 Å². The zero-order chi connectivity index (χ0) is 15.2. The summed E-state index contributed by atoms with van der Waals surface area (Å²) in [5, 5.41) is 16.5. The van der Waals surface area contributed by atoms with Crippen LogP contribution < -0.4 is 10.6 Å². The molecule has 2 rings (SSSR count). The maximum absolute atomic E-state index is 12.4. The molecule has 2 aliphatic rings. The Hall–Kier alpha value is -0.610. The van der Waals surface area contributed by atoms with E-state index < -0.39 is 6.10 Å². The summed E-state index contributed by atoms with van der Waals surface area (Å²) in [4.78, 5) is 12.4. The van der Waals surface area contributed by atoms with Gasteiger partial charge in [0.05, 0.1) is 12.1 Å². The monoisotopic (exact) mass is 296 g/mol. The first-order valence-corrected chi connectivity index (χ1v) is 8.78. The van der Waals surface area contributed by atoms with E-state index in [2.05, 4.69) is 17.6 Å². The highest BCUT2D eigenvalue weighted by molar-refractivity contribution is 5.78. The SMILES string of the molecule is CC1CCC(NC(=O)C(C)CC2CCCCC2)C(O)CN1. The van der Waals surface area contributed by atoms with Gasteiger partial charge in [0.25, 0.3) is 0 Å². The van der Waals surface area contributed by atoms with Gasteiger partial charge >= 0.3 is 0 Å². The lowest BCUT2D eigenvalue weighted by Gasteiger charge is -2.27. The molecule has 1 aliphatic heterocycles. The van der Waals surface area contributed by atoms with Crippen molar-refractivity contribution < 1.29 is 9.90 Å². The van der Waals surface area contributed by atoms with Crippen molar-refractivity contribution in [3.05, 3.63) is 0 Å². The summed E-state index contributed by atoms with van der Waals surface area (Å²) < 4.78 is 0. The van der Waals surface area contributed by atoms with Crippen molar-refractivity contribution >= 4 is 5.91 Å². The number of rotatable bonds is 4. The lowest BCUT2D eigenvalue weighted by Crippen LogP contribution is -2.47. The number of β-amino-alcohol motifs (C(OH)–C–C–N with tert-alkyl or cyclic N) is 1. The molecule has 0 bridgehead atoms. The molecule has 1 heterocycles. The molecule has 4 unspecified atom stereocenters. The fourth-order valence-electron chi connectivity index (χ4n) is 3.71. The summed E-state index contributed by atoms with van der Waals surface area (Å²) in [6, 6.07) is 0.324. The van der Waals surface area contributed by atoms with Crippen molar-refractivity contribution in [1.82, 2.24) is 10.6 Å². The molecular weight excluding hydrogens is 264 g/mol. The minimum Gasteiger partial charge on any atom is -0.390 e. The minimum atomic E-state index is -0.471. The molecule has 0 radical (unpaired) electrons. The maximum Gasteiger partial charge on any atom is 0.223 e. The quantitative estimate of drug-likeness (QED) is 0.745. The average Bonchev–Trinajstić information content (AvgIpc) is 2.63. The van der Waals surface area contributed by atoms with Crippen molar-refractivity contribution in [2.75, 3.05) is 6.54 Å². The van der Waals surface area contributed by atoms with E-state index >= 15 is 0 Å². The molecule has 4 nitrogen and oxygen atoms in total. The number of amides is 1. The molecule has 1 saturated carbocycles. The third kappa shape index (κ3) is 5.26. The van der Waals surface area contributed by atoms with Crippen LogP contribution in [0.25, 0.3) is 0 Å². The van der Waals surface area contributed by atoms with Crippen LogP contribution in [0.3, 0.4) is 0 Å². The molecular formula is C17H32N2O2. The predicted molar refractivity (Wildman–Crippen MR) is 85.0 cm³/mol. The number of carbonyl (C=O) groups excluding carboxylic acids is 1. The first-order chi connectivity index (χ1) is 10.1. The molecule has 1 saturated heterocycles. The molecule has 0 spiro atoms. The summed E-state index contributed by atoms with van der Waals surface area (Å²) in [5.74, 6) is 0.911. The lowest BCUT2D eigenvalue weighted by molar-refractivity contribution is -0.126. The topological polar surface area (TPSA) is 61.4 Å². The van der Waals surface area contributed by atoms with Crippen LogP contribution in [-0.2, 0) is 4.79 Å². The Morgan fingerprint density at radius 3 is 2.67 bits per heavy atom. The second-order valence-corrected chi connectivity index (χ2v) is 7.21. The van der Waals surface area contributed by atoms with E-state index in [0.29, 0.717) is 12.6 Å². The molecule has 4 heteroatoms. The first-order valence-electron chi connectivity index (χ1n) is 8.78. The fourth-order valence-corrected chi connectivity index (χ4v) is 3.71. The van der Waals surface area contributed by atoms with E-state index in [1.54, 1.807) is 0 Å². The van der Waals surface area contributed by atoms with Gasteiger partial charge in [-0.2, -0.15) is 0 Å². The van der Waals surface area contributed by atoms with E-state index in [-0.39, 0.29) is 17.9 Å². The molecule has 0 aromatic carbocycles. The van der Waals surface area contributed by atoms with Gasteiger partial charge in [0, 0.05) is 18.5 Å². The van der Waals surface area contributed by atoms with E-state index in [0.717, 1.165) is 25.2 Å². The lowest BCUT2D eigenvalue weighted by atomic mass is 9.83. The molecule has 2 fully saturated rings. The van der Waals surface area contributed by atoms with E-state index in [1.807, 2.05) is 6.92 Å². The molecule has 3 N–H and O–H groups in total. The van der Waals surface area contributed by atoms with Crippen LogP contribution in [0.4, 0.5) is 0 Å². The van der Waals surface area contributed by atoms with Crippen molar-refractivity contribution in [2.45, 2.75) is 83.4 Å². The molecule has 4 atom stereocenters. The summed E-state index contributed by atoms with van der Waals surface area (Å²) in [7, 11) is 0. The Morgan fingerprint density at radius 1 is 1.24 bits per heavy atom. The standard InChI is InChI=1S/C17H32N2O2/c1-12(10-14-6-4-3-5-7-14)17(21)19-15-9-8-13(2)18-11-16(15)20/h12-16,18,20H,3-11H2,1-2H3,(H,19,21). The normalized spacial score (nSPS) is 33.2. The summed E-state index contributed by atoms with van der Waals surface area (Å²) in [6.07, 6.45) is 8.96. The van der Waals surface area contributed by atoms with Crippen molar-refractivity contribution in [3.63, 3.8) is 0 Å². The van der Waals surface area contributed by atoms with Gasteiger partial charge in [-0.3, -0.25) is 4.79 Å². The second-order valence-electron chi connectivity index (χ2n) is 7.21. The first kappa shape index (κ1) is 16.8. The Balaban J connectivity index is 1.78. The van der Waals surface area contributed by atoms with Gasteiger partial charge in [0.1, 0.15) is 0 Å². The second kappa shape index (κ2) is 8.14. The van der Waals surface area contributed by atoms with Gasteiger partial charge in [-0.25, -0.2) is 0 Å². The van der Waals surface area contributed by atoms with Gasteiger partial charge in [0.2, 0.25) is 5.91 Å². The largest absolute Gasteiger partial charge is 0.390 e. The zero-order valence-corrected chi connectivity index (χ0v) is 13.6. The van der Waals surface area contributed by atoms with Crippen LogP contribution in [0.15, 0.2) is 0 Å². The molecule has 1 amide bonds. The van der Waals surface area contributed by atoms with Crippen molar-refractivity contribution in [3.8, 4) is 0 Å². The maximum atomic E-state index is 12.4. The molecule has 21 heavy (non-hydrogen) atoms. The highest BCUT2D eigenvalue weighted by atomic mass is 16.3. The number of hydrogen-bond acceptors (Lipinski definition) is 3. The Bertz CT molecular complexity index is 329. The zero-order valence-electron chi connectivity index (χ0n) is 13.6. The number of hydrogen-bond donors (Lipinski definition) is 3. The van der Waals surface area contributed by atoms with Crippen LogP contribution in [0.5, 0.6) is 0 Å². The Morgan fingerprint density at radius 2 is 1.95 bits per heavy atom. The fraction of sp³-hybridized carbons (Fsp3) is 0.941. The summed E-state index contributed by atoms with van der Waals surface area (Å²) >= 11 is 0. The number of nitrogens with one attached hydrogen (secondary N) is 2. The highest BCUT2D eigenvalue weighted by Crippen LogP contribution is 2.29. The Kier molecular flexibility index (Phi) is 6.49. The van der Waals surface area contributed by atoms with Crippen LogP contribution in [0.2, 0.25) is 0 Å². The summed E-state index contributed by atoms with van der Waals surface area (Å²) in [5.41, 5.74) is 0. The van der Waals surface area contributed by atoms with E-state index in [9.17, 15) is 9.90 Å². The minimum absolute atomic E-state index is 0.0638. The summed E-state index contributed by atoms with van der Waals surface area (Å²) in [6.45, 7) is 4.74. The van der Waals surface area contributed by atoms with Crippen LogP contribution >= 0.6 is 0 Å². The number of aliphatic hydroxyl groups is 1. The van der Waals surface area contributed by atoms with Gasteiger partial charge in [-0.1, -0.05) is 39.0 Å². The highest BCUT2D eigenvalue weighted by Gasteiger charge is 2.28. The number of aliphatic hydroxyl groups excluding tert-OH is 1. The van der Waals surface area contributed by atoms with Gasteiger partial charge in [0.15, 0.2) is 0 Å². The molecule has 0 aromatic rings. The van der Waals surface area contributed by atoms with Crippen LogP contribution in [0.1, 0.15) is 65.2 Å². The van der Waals surface area contributed by atoms with Crippen molar-refractivity contribution in [2.24, 2.45) is 11.8 Å². The smallest absolute Gasteiger partial charge is 0.223 e. The predicted octanol–water partition coefficient (Wildman–Crippen LogP) is 2.21. The van der Waals surface area contributed by atoms with Gasteiger partial charge in [-0.05, 0) is 32.1 Å². The average molecular weight is 296 g/mol. The van der Waals surface area contributed by atoms with Crippen molar-refractivity contribution in [1.29, 1.82) is 0 Å². The molecule has 122 valence electrons. The Labute approximate surface area is 129 Å². The molecule has 0 aromatic heterocycles. The molecule has 1 aliphatic carbocycles.